The van der Waals surface area contributed by atoms with E-state index in [4.69, 9.17) is 0 Å². The summed E-state index contributed by atoms with van der Waals surface area (Å²) in [7, 11) is 0. The maximum Gasteiger partial charge on any atom is -0.00201 e. The van der Waals surface area contributed by atoms with E-state index in [1.807, 2.05) is 0 Å². The summed E-state index contributed by atoms with van der Waals surface area (Å²) >= 11 is 0. The van der Waals surface area contributed by atoms with E-state index in [1.54, 1.807) is 0 Å². The van der Waals surface area contributed by atoms with Crippen LogP contribution in [-0.2, 0) is 0 Å². The number of benzene rings is 10. The van der Waals surface area contributed by atoms with Gasteiger partial charge in [-0.3, -0.25) is 0 Å². The van der Waals surface area contributed by atoms with Crippen molar-refractivity contribution in [2.75, 3.05) is 0 Å². The van der Waals surface area contributed by atoms with Crippen molar-refractivity contribution in [2.45, 2.75) is 0 Å². The van der Waals surface area contributed by atoms with Gasteiger partial charge < -0.3 is 0 Å². The molecule has 238 valence electrons. The van der Waals surface area contributed by atoms with Gasteiger partial charge in [-0.15, -0.1) is 0 Å². The first-order valence-electron chi connectivity index (χ1n) is 18.2. The first-order chi connectivity index (χ1) is 25.8. The molecule has 10 aromatic rings. The van der Waals surface area contributed by atoms with Gasteiger partial charge in [0.25, 0.3) is 0 Å². The van der Waals surface area contributed by atoms with E-state index in [1.165, 1.54) is 121 Å². The third kappa shape index (κ3) is 3.66. The minimum Gasteiger partial charge on any atom is -0.0616 e. The van der Waals surface area contributed by atoms with Gasteiger partial charge in [0.2, 0.25) is 0 Å². The van der Waals surface area contributed by atoms with Crippen LogP contribution >= 0.6 is 0 Å². The highest BCUT2D eigenvalue weighted by molar-refractivity contribution is 6.26. The number of hydrogen-bond donors (Lipinski definition) is 0. The standard InChI is InChI=1S/C52H30/c1-3-13-36-34(11-1)39-20-9-19-38-33(27-28-46(36)50(38)39)31-23-25-32(26-24-31)49-41-15-5-7-17-43(41)52(44-18-8-6-16-42(44)49)48-30-29-47-37-14-4-2-12-35(37)40-21-10-22-45(48)51(40)47/h1-30H. The summed E-state index contributed by atoms with van der Waals surface area (Å²) in [6.07, 6.45) is 0. The van der Waals surface area contributed by atoms with Crippen LogP contribution in [0.25, 0.3) is 121 Å². The average molecular weight is 655 g/mol. The molecule has 0 amide bonds. The largest absolute Gasteiger partial charge is 0.0616 e. The van der Waals surface area contributed by atoms with Gasteiger partial charge in [-0.1, -0.05) is 182 Å². The molecule has 0 saturated carbocycles. The van der Waals surface area contributed by atoms with Crippen LogP contribution in [0, 0.1) is 0 Å². The van der Waals surface area contributed by atoms with Crippen LogP contribution in [0.15, 0.2) is 182 Å². The topological polar surface area (TPSA) is 0 Å². The van der Waals surface area contributed by atoms with Gasteiger partial charge >= 0.3 is 0 Å². The zero-order valence-electron chi connectivity index (χ0n) is 28.3. The van der Waals surface area contributed by atoms with Crippen LogP contribution in [0.1, 0.15) is 0 Å². The predicted octanol–water partition coefficient (Wildman–Crippen LogP) is 14.6. The molecular formula is C52H30. The molecule has 0 heteroatoms. The van der Waals surface area contributed by atoms with Crippen LogP contribution in [0.2, 0.25) is 0 Å². The highest BCUT2D eigenvalue weighted by Crippen LogP contribution is 2.52. The summed E-state index contributed by atoms with van der Waals surface area (Å²) in [5.74, 6) is 0. The highest BCUT2D eigenvalue weighted by atomic mass is 14.3. The molecule has 12 rings (SSSR count). The molecule has 0 unspecified atom stereocenters. The molecule has 52 heavy (non-hydrogen) atoms. The van der Waals surface area contributed by atoms with Crippen molar-refractivity contribution >= 4 is 43.1 Å². The molecule has 0 aliphatic heterocycles. The fraction of sp³-hybridized carbons (Fsp3) is 0. The molecule has 0 bridgehead atoms. The van der Waals surface area contributed by atoms with Crippen molar-refractivity contribution in [3.05, 3.63) is 182 Å². The maximum atomic E-state index is 2.36. The third-order valence-corrected chi connectivity index (χ3v) is 11.8. The van der Waals surface area contributed by atoms with E-state index in [2.05, 4.69) is 182 Å². The molecule has 0 heterocycles. The van der Waals surface area contributed by atoms with Crippen molar-refractivity contribution in [3.8, 4) is 77.9 Å². The zero-order chi connectivity index (χ0) is 33.9. The van der Waals surface area contributed by atoms with Gasteiger partial charge in [0.15, 0.2) is 0 Å². The fourth-order valence-corrected chi connectivity index (χ4v) is 9.63. The number of hydrogen-bond acceptors (Lipinski definition) is 0. The molecule has 0 aromatic heterocycles. The molecule has 0 fully saturated rings. The molecule has 2 aliphatic carbocycles. The summed E-state index contributed by atoms with van der Waals surface area (Å²) in [5.41, 5.74) is 18.3. The summed E-state index contributed by atoms with van der Waals surface area (Å²) in [6, 6.07) is 67.9. The highest BCUT2D eigenvalue weighted by Gasteiger charge is 2.25. The Morgan fingerprint density at radius 2 is 0.500 bits per heavy atom. The first-order valence-corrected chi connectivity index (χ1v) is 18.2. The van der Waals surface area contributed by atoms with Gasteiger partial charge in [-0.25, -0.2) is 0 Å². The first kappa shape index (κ1) is 28.0. The van der Waals surface area contributed by atoms with Crippen molar-refractivity contribution in [1.29, 1.82) is 0 Å². The summed E-state index contributed by atoms with van der Waals surface area (Å²) < 4.78 is 0. The Hall–Kier alpha value is -6.76. The monoisotopic (exact) mass is 654 g/mol. The van der Waals surface area contributed by atoms with Crippen LogP contribution in [-0.4, -0.2) is 0 Å². The second kappa shape index (κ2) is 10.4. The van der Waals surface area contributed by atoms with Crippen molar-refractivity contribution < 1.29 is 0 Å². The van der Waals surface area contributed by atoms with Gasteiger partial charge in [0, 0.05) is 0 Å². The number of fused-ring (bicyclic) bond motifs is 8. The van der Waals surface area contributed by atoms with Crippen LogP contribution in [0.3, 0.4) is 0 Å². The lowest BCUT2D eigenvalue weighted by atomic mass is 9.84. The van der Waals surface area contributed by atoms with Gasteiger partial charge in [0.1, 0.15) is 0 Å². The Kier molecular flexibility index (Phi) is 5.59. The van der Waals surface area contributed by atoms with Crippen LogP contribution in [0.5, 0.6) is 0 Å². The predicted molar refractivity (Wildman–Crippen MR) is 222 cm³/mol. The van der Waals surface area contributed by atoms with E-state index in [0.29, 0.717) is 0 Å². The minimum atomic E-state index is 1.23. The SMILES string of the molecule is c1ccc2c(c1)-c1cccc3c(-c4ccc(-c5c6ccccc6c(-c6ccc7c8c(cccc68)-c6ccccc6-7)c6ccccc56)cc4)ccc-2c13. The van der Waals surface area contributed by atoms with Crippen molar-refractivity contribution in [3.63, 3.8) is 0 Å². The molecular weight excluding hydrogens is 625 g/mol. The Morgan fingerprint density at radius 1 is 0.173 bits per heavy atom. The molecule has 0 spiro atoms. The Labute approximate surface area is 301 Å². The lowest BCUT2D eigenvalue weighted by Crippen LogP contribution is -1.92. The molecule has 0 radical (unpaired) electrons. The number of rotatable bonds is 3. The summed E-state index contributed by atoms with van der Waals surface area (Å²) in [4.78, 5) is 0. The maximum absolute atomic E-state index is 2.36. The van der Waals surface area contributed by atoms with E-state index >= 15 is 0 Å². The lowest BCUT2D eigenvalue weighted by Gasteiger charge is -2.19. The fourth-order valence-electron chi connectivity index (χ4n) is 9.63. The smallest absolute Gasteiger partial charge is 0.00201 e. The van der Waals surface area contributed by atoms with Crippen molar-refractivity contribution in [1.82, 2.24) is 0 Å². The average Bonchev–Trinajstić information content (AvgIpc) is 3.72. The Morgan fingerprint density at radius 3 is 1.00 bits per heavy atom. The van der Waals surface area contributed by atoms with Crippen molar-refractivity contribution in [2.24, 2.45) is 0 Å². The Bertz CT molecular complexity index is 3040. The van der Waals surface area contributed by atoms with Gasteiger partial charge in [0.05, 0.1) is 0 Å². The minimum absolute atomic E-state index is 1.23. The lowest BCUT2D eigenvalue weighted by molar-refractivity contribution is 1.64. The van der Waals surface area contributed by atoms with E-state index in [9.17, 15) is 0 Å². The van der Waals surface area contributed by atoms with E-state index in [0.717, 1.165) is 0 Å². The van der Waals surface area contributed by atoms with E-state index < -0.39 is 0 Å². The van der Waals surface area contributed by atoms with Crippen LogP contribution in [0.4, 0.5) is 0 Å². The summed E-state index contributed by atoms with van der Waals surface area (Å²) in [5, 5.41) is 10.5. The molecule has 0 nitrogen and oxygen atoms in total. The molecule has 2 aliphatic rings. The molecule has 10 aromatic carbocycles. The van der Waals surface area contributed by atoms with Gasteiger partial charge in [-0.2, -0.15) is 0 Å². The van der Waals surface area contributed by atoms with E-state index in [-0.39, 0.29) is 0 Å². The second-order valence-electron chi connectivity index (χ2n) is 14.3. The van der Waals surface area contributed by atoms with Gasteiger partial charge in [-0.05, 0) is 121 Å². The summed E-state index contributed by atoms with van der Waals surface area (Å²) in [6.45, 7) is 0. The molecule has 0 saturated heterocycles. The zero-order valence-corrected chi connectivity index (χ0v) is 28.3. The molecule has 0 N–H and O–H groups in total. The van der Waals surface area contributed by atoms with Crippen LogP contribution < -0.4 is 0 Å². The third-order valence-electron chi connectivity index (χ3n) is 11.8. The molecule has 0 atom stereocenters. The second-order valence-corrected chi connectivity index (χ2v) is 14.3. The quantitative estimate of drug-likeness (QED) is 0.166. The normalized spacial score (nSPS) is 12.2. The Balaban J connectivity index is 1.05.